The third-order valence-electron chi connectivity index (χ3n) is 3.32. The first-order valence-corrected chi connectivity index (χ1v) is 7.73. The van der Waals surface area contributed by atoms with Crippen molar-refractivity contribution in [2.75, 3.05) is 13.6 Å². The Morgan fingerprint density at radius 3 is 2.58 bits per heavy atom. The fourth-order valence-corrected chi connectivity index (χ4v) is 2.30. The van der Waals surface area contributed by atoms with Crippen LogP contribution >= 0.6 is 24.0 Å². The summed E-state index contributed by atoms with van der Waals surface area (Å²) in [5.74, 6) is 0.598. The molecule has 0 spiro atoms. The predicted octanol–water partition coefficient (Wildman–Crippen LogP) is 2.34. The Labute approximate surface area is 152 Å². The van der Waals surface area contributed by atoms with E-state index in [1.165, 1.54) is 0 Å². The molecule has 1 aromatic carbocycles. The third kappa shape index (κ3) is 5.70. The molecule has 0 radical (unpaired) electrons. The molecule has 0 bridgehead atoms. The number of nitrogens with zero attached hydrogens (tertiary/aromatic N) is 2. The number of amides is 1. The van der Waals surface area contributed by atoms with Crippen molar-refractivity contribution in [3.05, 3.63) is 47.2 Å². The number of hydrogen-bond donors (Lipinski definition) is 2. The zero-order chi connectivity index (χ0) is 16.8. The van der Waals surface area contributed by atoms with Gasteiger partial charge in [-0.1, -0.05) is 11.6 Å². The van der Waals surface area contributed by atoms with E-state index in [0.29, 0.717) is 17.3 Å². The molecule has 6 nitrogen and oxygen atoms in total. The van der Waals surface area contributed by atoms with Crippen molar-refractivity contribution in [3.63, 3.8) is 0 Å². The standard InChI is InChI=1S/C16H21ClN4O2.ClH/c1-11(23-14-6-4-13(17)5-7-14)8-19-16(22)15(18-2)12-9-20-21(3)10-12;/h4-7,9-11,15,18H,8H2,1-3H3,(H,19,22);1H. The van der Waals surface area contributed by atoms with Crippen molar-refractivity contribution in [1.82, 2.24) is 20.4 Å². The molecular weight excluding hydrogens is 351 g/mol. The Bertz CT molecular complexity index is 646. The van der Waals surface area contributed by atoms with E-state index < -0.39 is 6.04 Å². The van der Waals surface area contributed by atoms with Gasteiger partial charge >= 0.3 is 0 Å². The molecule has 132 valence electrons. The smallest absolute Gasteiger partial charge is 0.241 e. The summed E-state index contributed by atoms with van der Waals surface area (Å²) in [4.78, 5) is 12.3. The zero-order valence-corrected chi connectivity index (χ0v) is 15.4. The Morgan fingerprint density at radius 2 is 2.04 bits per heavy atom. The average Bonchev–Trinajstić information content (AvgIpc) is 2.94. The summed E-state index contributed by atoms with van der Waals surface area (Å²) in [5, 5.41) is 10.6. The first-order valence-electron chi connectivity index (χ1n) is 7.35. The van der Waals surface area contributed by atoms with Crippen molar-refractivity contribution >= 4 is 29.9 Å². The second kappa shape index (κ2) is 9.52. The number of likely N-dealkylation sites (N-methyl/N-ethyl adjacent to an activating group) is 1. The van der Waals surface area contributed by atoms with Crippen molar-refractivity contribution < 1.29 is 9.53 Å². The summed E-state index contributed by atoms with van der Waals surface area (Å²) in [7, 11) is 3.56. The summed E-state index contributed by atoms with van der Waals surface area (Å²) in [6, 6.07) is 6.69. The maximum Gasteiger partial charge on any atom is 0.241 e. The maximum absolute atomic E-state index is 12.3. The van der Waals surface area contributed by atoms with Crippen LogP contribution in [0.4, 0.5) is 0 Å². The lowest BCUT2D eigenvalue weighted by atomic mass is 10.1. The van der Waals surface area contributed by atoms with Crippen LogP contribution in [-0.2, 0) is 11.8 Å². The lowest BCUT2D eigenvalue weighted by Gasteiger charge is -2.18. The molecule has 0 aliphatic carbocycles. The highest BCUT2D eigenvalue weighted by Gasteiger charge is 2.20. The lowest BCUT2D eigenvalue weighted by Crippen LogP contribution is -2.40. The molecule has 2 atom stereocenters. The van der Waals surface area contributed by atoms with Gasteiger partial charge < -0.3 is 15.4 Å². The number of hydrogen-bond acceptors (Lipinski definition) is 4. The molecule has 2 aromatic rings. The monoisotopic (exact) mass is 372 g/mol. The molecule has 0 aliphatic heterocycles. The summed E-state index contributed by atoms with van der Waals surface area (Å²) in [6.07, 6.45) is 3.33. The van der Waals surface area contributed by atoms with Gasteiger partial charge in [0.2, 0.25) is 5.91 Å². The van der Waals surface area contributed by atoms with E-state index >= 15 is 0 Å². The number of carbonyl (C=O) groups is 1. The fourth-order valence-electron chi connectivity index (χ4n) is 2.17. The quantitative estimate of drug-likeness (QED) is 0.782. The molecule has 2 rings (SSSR count). The number of benzene rings is 1. The van der Waals surface area contributed by atoms with Gasteiger partial charge in [0.25, 0.3) is 0 Å². The molecule has 0 saturated carbocycles. The molecule has 2 N–H and O–H groups in total. The Kier molecular flexibility index (Phi) is 8.04. The molecule has 1 aromatic heterocycles. The molecular formula is C16H22Cl2N4O2. The normalized spacial score (nSPS) is 12.8. The van der Waals surface area contributed by atoms with Gasteiger partial charge in [0, 0.05) is 23.8 Å². The number of halogens is 2. The van der Waals surface area contributed by atoms with Gasteiger partial charge in [-0.15, -0.1) is 12.4 Å². The van der Waals surface area contributed by atoms with Crippen LogP contribution in [0, 0.1) is 0 Å². The Hall–Kier alpha value is -1.76. The Balaban J connectivity index is 0.00000288. The summed E-state index contributed by atoms with van der Waals surface area (Å²) in [5.41, 5.74) is 0.818. The van der Waals surface area contributed by atoms with Crippen LogP contribution in [0.2, 0.25) is 5.02 Å². The fraction of sp³-hybridized carbons (Fsp3) is 0.375. The molecule has 1 amide bonds. The minimum Gasteiger partial charge on any atom is -0.489 e. The van der Waals surface area contributed by atoms with Crippen LogP contribution in [0.25, 0.3) is 0 Å². The van der Waals surface area contributed by atoms with E-state index in [1.54, 1.807) is 42.2 Å². The van der Waals surface area contributed by atoms with Crippen molar-refractivity contribution in [2.45, 2.75) is 19.1 Å². The lowest BCUT2D eigenvalue weighted by molar-refractivity contribution is -0.123. The molecule has 2 unspecified atom stereocenters. The summed E-state index contributed by atoms with van der Waals surface area (Å²) in [6.45, 7) is 2.30. The van der Waals surface area contributed by atoms with Crippen LogP contribution in [-0.4, -0.2) is 35.4 Å². The minimum atomic E-state index is -0.438. The number of aryl methyl sites for hydroxylation is 1. The molecule has 24 heavy (non-hydrogen) atoms. The second-order valence-electron chi connectivity index (χ2n) is 5.30. The van der Waals surface area contributed by atoms with Crippen LogP contribution in [0.15, 0.2) is 36.7 Å². The number of nitrogens with one attached hydrogen (secondary N) is 2. The van der Waals surface area contributed by atoms with Gasteiger partial charge in [-0.25, -0.2) is 0 Å². The molecule has 1 heterocycles. The number of carbonyl (C=O) groups excluding carboxylic acids is 1. The highest BCUT2D eigenvalue weighted by atomic mass is 35.5. The van der Waals surface area contributed by atoms with E-state index in [2.05, 4.69) is 15.7 Å². The van der Waals surface area contributed by atoms with Crippen molar-refractivity contribution in [3.8, 4) is 5.75 Å². The van der Waals surface area contributed by atoms with Gasteiger partial charge in [0.15, 0.2) is 0 Å². The van der Waals surface area contributed by atoms with Gasteiger partial charge in [-0.2, -0.15) is 5.10 Å². The van der Waals surface area contributed by atoms with E-state index in [1.807, 2.05) is 20.2 Å². The minimum absolute atomic E-state index is 0. The topological polar surface area (TPSA) is 68.2 Å². The highest BCUT2D eigenvalue weighted by Crippen LogP contribution is 2.17. The van der Waals surface area contributed by atoms with Gasteiger partial charge in [0.05, 0.1) is 12.7 Å². The van der Waals surface area contributed by atoms with Crippen molar-refractivity contribution in [1.29, 1.82) is 0 Å². The van der Waals surface area contributed by atoms with E-state index in [9.17, 15) is 4.79 Å². The first kappa shape index (κ1) is 20.3. The predicted molar refractivity (Wildman–Crippen MR) is 96.8 cm³/mol. The van der Waals surface area contributed by atoms with Crippen LogP contribution in [0.5, 0.6) is 5.75 Å². The SMILES string of the molecule is CNC(C(=O)NCC(C)Oc1ccc(Cl)cc1)c1cnn(C)c1.Cl. The van der Waals surface area contributed by atoms with E-state index in [-0.39, 0.29) is 24.4 Å². The second-order valence-corrected chi connectivity index (χ2v) is 5.73. The largest absolute Gasteiger partial charge is 0.489 e. The zero-order valence-electron chi connectivity index (χ0n) is 13.8. The van der Waals surface area contributed by atoms with Gasteiger partial charge in [-0.3, -0.25) is 9.48 Å². The summed E-state index contributed by atoms with van der Waals surface area (Å²) >= 11 is 5.84. The van der Waals surface area contributed by atoms with Crippen molar-refractivity contribution in [2.24, 2.45) is 7.05 Å². The number of aromatic nitrogens is 2. The summed E-state index contributed by atoms with van der Waals surface area (Å²) < 4.78 is 7.40. The van der Waals surface area contributed by atoms with Gasteiger partial charge in [-0.05, 0) is 38.2 Å². The average molecular weight is 373 g/mol. The molecule has 8 heteroatoms. The van der Waals surface area contributed by atoms with E-state index in [0.717, 1.165) is 5.56 Å². The number of ether oxygens (including phenoxy) is 1. The van der Waals surface area contributed by atoms with Crippen LogP contribution in [0.1, 0.15) is 18.5 Å². The maximum atomic E-state index is 12.3. The van der Waals surface area contributed by atoms with E-state index in [4.69, 9.17) is 16.3 Å². The van der Waals surface area contributed by atoms with Crippen LogP contribution in [0.3, 0.4) is 0 Å². The third-order valence-corrected chi connectivity index (χ3v) is 3.58. The first-order chi connectivity index (χ1) is 11.0. The van der Waals surface area contributed by atoms with Crippen LogP contribution < -0.4 is 15.4 Å². The van der Waals surface area contributed by atoms with Gasteiger partial charge in [0.1, 0.15) is 17.9 Å². The number of rotatable bonds is 7. The molecule has 0 saturated heterocycles. The Morgan fingerprint density at radius 1 is 1.38 bits per heavy atom. The highest BCUT2D eigenvalue weighted by molar-refractivity contribution is 6.30. The molecule has 0 fully saturated rings. The molecule has 0 aliphatic rings.